The molecule has 4 rings (SSSR count). The van der Waals surface area contributed by atoms with Gasteiger partial charge in [0, 0.05) is 24.1 Å². The summed E-state index contributed by atoms with van der Waals surface area (Å²) in [6, 6.07) is 4.65. The van der Waals surface area contributed by atoms with Crippen LogP contribution in [-0.2, 0) is 16.6 Å². The van der Waals surface area contributed by atoms with Gasteiger partial charge in [-0.3, -0.25) is 0 Å². The molecular formula is C20H29NO3. The second-order valence-corrected chi connectivity index (χ2v) is 8.11. The maximum Gasteiger partial charge on any atom is 0.161 e. The SMILES string of the molecule is COc1ccc2c(c1O)[C@]13CCN(C)[C@H](C2)C1C[C@@H](C)C(OC)C3. The zero-order valence-electron chi connectivity index (χ0n) is 15.2. The van der Waals surface area contributed by atoms with Gasteiger partial charge in [0.05, 0.1) is 13.2 Å². The molecule has 0 radical (unpaired) electrons. The number of likely N-dealkylation sites (tertiary alicyclic amines) is 1. The van der Waals surface area contributed by atoms with Crippen molar-refractivity contribution in [2.75, 3.05) is 27.8 Å². The highest BCUT2D eigenvalue weighted by molar-refractivity contribution is 5.56. The van der Waals surface area contributed by atoms with E-state index < -0.39 is 0 Å². The molecule has 0 spiro atoms. The first-order valence-electron chi connectivity index (χ1n) is 9.14. The fraction of sp³-hybridized carbons (Fsp3) is 0.700. The van der Waals surface area contributed by atoms with Gasteiger partial charge in [-0.15, -0.1) is 0 Å². The molecule has 2 bridgehead atoms. The van der Waals surface area contributed by atoms with Crippen LogP contribution in [0.3, 0.4) is 0 Å². The van der Waals surface area contributed by atoms with Gasteiger partial charge in [0.2, 0.25) is 0 Å². The van der Waals surface area contributed by atoms with E-state index in [0.29, 0.717) is 29.4 Å². The van der Waals surface area contributed by atoms with E-state index in [1.165, 1.54) is 12.0 Å². The first kappa shape index (κ1) is 16.2. The molecule has 1 aromatic carbocycles. The summed E-state index contributed by atoms with van der Waals surface area (Å²) < 4.78 is 11.3. The van der Waals surface area contributed by atoms with Crippen LogP contribution in [0.2, 0.25) is 0 Å². The molecule has 4 nitrogen and oxygen atoms in total. The lowest BCUT2D eigenvalue weighted by molar-refractivity contribution is -0.0786. The van der Waals surface area contributed by atoms with Crippen LogP contribution in [0.1, 0.15) is 37.3 Å². The summed E-state index contributed by atoms with van der Waals surface area (Å²) in [5, 5.41) is 11.0. The zero-order valence-corrected chi connectivity index (χ0v) is 15.2. The lowest BCUT2D eigenvalue weighted by Crippen LogP contribution is -2.62. The van der Waals surface area contributed by atoms with Crippen molar-refractivity contribution < 1.29 is 14.6 Å². The quantitative estimate of drug-likeness (QED) is 0.905. The normalized spacial score (nSPS) is 38.3. The van der Waals surface area contributed by atoms with Crippen LogP contribution in [0.15, 0.2) is 12.1 Å². The van der Waals surface area contributed by atoms with Gasteiger partial charge in [0.15, 0.2) is 11.5 Å². The summed E-state index contributed by atoms with van der Waals surface area (Å²) >= 11 is 0. The van der Waals surface area contributed by atoms with Crippen LogP contribution < -0.4 is 4.74 Å². The van der Waals surface area contributed by atoms with E-state index in [9.17, 15) is 5.11 Å². The molecular weight excluding hydrogens is 302 g/mol. The van der Waals surface area contributed by atoms with Gasteiger partial charge in [0.1, 0.15) is 0 Å². The molecule has 24 heavy (non-hydrogen) atoms. The standard InChI is InChI=1S/C20H29NO3/c1-12-9-14-15-10-13-5-6-16(23-3)19(22)18(13)20(14,7-8-21(15)2)11-17(12)24-4/h5-6,12,14-15,17,22H,7-11H2,1-4H3/t12-,14?,15-,17?,20+/m1/s1. The molecule has 2 fully saturated rings. The van der Waals surface area contributed by atoms with Crippen molar-refractivity contribution in [3.63, 3.8) is 0 Å². The lowest BCUT2D eigenvalue weighted by Gasteiger charge is -2.60. The number of ether oxygens (including phenoxy) is 2. The molecule has 3 aliphatic rings. The Balaban J connectivity index is 1.91. The number of piperidine rings is 1. The molecule has 5 atom stereocenters. The van der Waals surface area contributed by atoms with Crippen LogP contribution >= 0.6 is 0 Å². The van der Waals surface area contributed by atoms with Gasteiger partial charge < -0.3 is 19.5 Å². The highest BCUT2D eigenvalue weighted by Crippen LogP contribution is 2.60. The fourth-order valence-corrected chi connectivity index (χ4v) is 5.91. The monoisotopic (exact) mass is 331 g/mol. The average molecular weight is 331 g/mol. The highest BCUT2D eigenvalue weighted by Gasteiger charge is 2.57. The first-order chi connectivity index (χ1) is 11.5. The smallest absolute Gasteiger partial charge is 0.161 e. The van der Waals surface area contributed by atoms with Gasteiger partial charge >= 0.3 is 0 Å². The number of phenols is 1. The third kappa shape index (κ3) is 2.05. The molecule has 1 N–H and O–H groups in total. The lowest BCUT2D eigenvalue weighted by atomic mass is 9.50. The predicted molar refractivity (Wildman–Crippen MR) is 93.8 cm³/mol. The van der Waals surface area contributed by atoms with Gasteiger partial charge in [-0.1, -0.05) is 13.0 Å². The topological polar surface area (TPSA) is 41.9 Å². The van der Waals surface area contributed by atoms with Gasteiger partial charge in [-0.05, 0) is 62.7 Å². The average Bonchev–Trinajstić information content (AvgIpc) is 2.58. The molecule has 132 valence electrons. The van der Waals surface area contributed by atoms with E-state index >= 15 is 0 Å². The van der Waals surface area contributed by atoms with Crippen molar-refractivity contribution >= 4 is 0 Å². The predicted octanol–water partition coefficient (Wildman–Crippen LogP) is 2.96. The third-order valence-corrected chi connectivity index (χ3v) is 7.15. The Morgan fingerprint density at radius 2 is 2.08 bits per heavy atom. The van der Waals surface area contributed by atoms with Crippen molar-refractivity contribution in [3.8, 4) is 11.5 Å². The van der Waals surface area contributed by atoms with E-state index in [4.69, 9.17) is 9.47 Å². The molecule has 0 amide bonds. The van der Waals surface area contributed by atoms with Crippen molar-refractivity contribution in [3.05, 3.63) is 23.3 Å². The molecule has 2 unspecified atom stereocenters. The second-order valence-electron chi connectivity index (χ2n) is 8.11. The van der Waals surface area contributed by atoms with Crippen molar-refractivity contribution in [2.45, 2.75) is 50.2 Å². The summed E-state index contributed by atoms with van der Waals surface area (Å²) in [5.74, 6) is 2.12. The van der Waals surface area contributed by atoms with Crippen molar-refractivity contribution in [1.29, 1.82) is 0 Å². The highest BCUT2D eigenvalue weighted by atomic mass is 16.5. The number of fused-ring (bicyclic) bond motifs is 1. The Labute approximate surface area is 144 Å². The van der Waals surface area contributed by atoms with E-state index in [2.05, 4.69) is 24.9 Å². The number of methoxy groups -OCH3 is 2. The number of rotatable bonds is 2. The molecule has 1 aliphatic heterocycles. The maximum absolute atomic E-state index is 11.0. The molecule has 4 heteroatoms. The molecule has 1 saturated heterocycles. The van der Waals surface area contributed by atoms with E-state index in [0.717, 1.165) is 31.4 Å². The molecule has 0 aromatic heterocycles. The first-order valence-corrected chi connectivity index (χ1v) is 9.14. The number of hydrogen-bond donors (Lipinski definition) is 1. The minimum absolute atomic E-state index is 0.0244. The Morgan fingerprint density at radius 1 is 1.29 bits per heavy atom. The molecule has 2 aliphatic carbocycles. The summed E-state index contributed by atoms with van der Waals surface area (Å²) in [7, 11) is 5.73. The number of phenolic OH excluding ortho intramolecular Hbond substituents is 1. The fourth-order valence-electron chi connectivity index (χ4n) is 5.91. The van der Waals surface area contributed by atoms with E-state index in [1.54, 1.807) is 7.11 Å². The van der Waals surface area contributed by atoms with Crippen LogP contribution in [0.4, 0.5) is 0 Å². The van der Waals surface area contributed by atoms with E-state index in [-0.39, 0.29) is 11.5 Å². The Hall–Kier alpha value is -1.26. The largest absolute Gasteiger partial charge is 0.504 e. The number of likely N-dealkylation sites (N-methyl/N-ethyl adjacent to an activating group) is 1. The Bertz CT molecular complexity index is 646. The molecule has 1 aromatic rings. The van der Waals surface area contributed by atoms with Gasteiger partial charge in [-0.2, -0.15) is 0 Å². The third-order valence-electron chi connectivity index (χ3n) is 7.15. The van der Waals surface area contributed by atoms with Gasteiger partial charge in [-0.25, -0.2) is 0 Å². The zero-order chi connectivity index (χ0) is 17.1. The number of hydrogen-bond acceptors (Lipinski definition) is 4. The summed E-state index contributed by atoms with van der Waals surface area (Å²) in [6.45, 7) is 3.40. The van der Waals surface area contributed by atoms with Crippen LogP contribution in [0, 0.1) is 11.8 Å². The number of benzene rings is 1. The molecule has 1 heterocycles. The summed E-state index contributed by atoms with van der Waals surface area (Å²) in [5.41, 5.74) is 2.48. The Kier molecular flexibility index (Phi) is 3.81. The number of aromatic hydroxyl groups is 1. The Morgan fingerprint density at radius 3 is 2.79 bits per heavy atom. The van der Waals surface area contributed by atoms with Crippen molar-refractivity contribution in [1.82, 2.24) is 4.90 Å². The minimum Gasteiger partial charge on any atom is -0.504 e. The number of nitrogens with zero attached hydrogens (tertiary/aromatic N) is 1. The van der Waals surface area contributed by atoms with Crippen LogP contribution in [-0.4, -0.2) is 50.0 Å². The second kappa shape index (κ2) is 5.63. The minimum atomic E-state index is 0.0244. The van der Waals surface area contributed by atoms with Crippen LogP contribution in [0.5, 0.6) is 11.5 Å². The molecule has 1 saturated carbocycles. The summed E-state index contributed by atoms with van der Waals surface area (Å²) in [6.07, 6.45) is 4.56. The van der Waals surface area contributed by atoms with Gasteiger partial charge in [0.25, 0.3) is 0 Å². The van der Waals surface area contributed by atoms with E-state index in [1.807, 2.05) is 13.2 Å². The summed E-state index contributed by atoms with van der Waals surface area (Å²) in [4.78, 5) is 2.53. The maximum atomic E-state index is 11.0. The van der Waals surface area contributed by atoms with Crippen molar-refractivity contribution in [2.24, 2.45) is 11.8 Å². The van der Waals surface area contributed by atoms with Crippen LogP contribution in [0.25, 0.3) is 0 Å².